The number of rotatable bonds is 20. The van der Waals surface area contributed by atoms with Crippen molar-refractivity contribution in [3.05, 3.63) is 39.9 Å². The molecule has 0 atom stereocenters. The largest absolute Gasteiger partial charge is 1.00 e. The van der Waals surface area contributed by atoms with Crippen molar-refractivity contribution in [3.8, 4) is 0 Å². The van der Waals surface area contributed by atoms with Crippen LogP contribution in [-0.2, 0) is 11.3 Å². The van der Waals surface area contributed by atoms with E-state index in [1.165, 1.54) is 89.9 Å². The second-order valence-electron chi connectivity index (χ2n) is 11.3. The number of carbonyl (C=O) groups is 1. The molecule has 1 aromatic rings. The molecule has 1 aromatic carbocycles. The quantitative estimate of drug-likeness (QED) is 0.0918. The number of benzene rings is 1. The zero-order valence-corrected chi connectivity index (χ0v) is 25.9. The van der Waals surface area contributed by atoms with Crippen molar-refractivity contribution in [2.24, 2.45) is 0 Å². The molecule has 0 aromatic heterocycles. The first kappa shape index (κ1) is 34.6. The average molecular weight is 597 g/mol. The van der Waals surface area contributed by atoms with Gasteiger partial charge in [0.05, 0.1) is 37.6 Å². The van der Waals surface area contributed by atoms with Gasteiger partial charge in [-0.2, -0.15) is 0 Å². The van der Waals surface area contributed by atoms with Crippen LogP contribution < -0.4 is 17.0 Å². The fraction of sp³-hybridized carbons (Fsp3) is 0.774. The third-order valence-electron chi connectivity index (χ3n) is 8.35. The second kappa shape index (κ2) is 20.4. The summed E-state index contributed by atoms with van der Waals surface area (Å²) < 4.78 is 0.893. The Hall–Kier alpha value is -1.47. The molecule has 0 saturated carbocycles. The zero-order valence-electron chi connectivity index (χ0n) is 24.3. The standard InChI is InChI=1S/C31H54N3O3.BrH/c1-3-5-6-7-8-9-10-11-12-13-14-15-16-17-18-22-31(35)32-23-25-34(4-2,26-24-32)28-29-20-19-21-30(27-29)33(36)37;/h19-21,27H,3-18,22-26,28H2,1-2H3;1H/q+1;/p-1. The van der Waals surface area contributed by atoms with Crippen molar-refractivity contribution in [1.82, 2.24) is 4.90 Å². The van der Waals surface area contributed by atoms with Gasteiger partial charge in [-0.25, -0.2) is 0 Å². The molecule has 0 bridgehead atoms. The van der Waals surface area contributed by atoms with Gasteiger partial charge < -0.3 is 26.4 Å². The first-order chi connectivity index (χ1) is 18.0. The number of carbonyl (C=O) groups excluding carboxylic acids is 1. The third kappa shape index (κ3) is 13.5. The number of quaternary nitrogens is 1. The third-order valence-corrected chi connectivity index (χ3v) is 8.35. The fourth-order valence-corrected chi connectivity index (χ4v) is 5.69. The molecule has 38 heavy (non-hydrogen) atoms. The van der Waals surface area contributed by atoms with Crippen LogP contribution in [-0.4, -0.2) is 52.9 Å². The molecule has 0 N–H and O–H groups in total. The van der Waals surface area contributed by atoms with Crippen LogP contribution in [0.5, 0.6) is 0 Å². The van der Waals surface area contributed by atoms with E-state index in [1.54, 1.807) is 18.2 Å². The van der Waals surface area contributed by atoms with Crippen molar-refractivity contribution < 1.29 is 31.2 Å². The van der Waals surface area contributed by atoms with Crippen LogP contribution in [0.4, 0.5) is 5.69 Å². The van der Waals surface area contributed by atoms with Gasteiger partial charge in [0, 0.05) is 24.1 Å². The number of piperazine rings is 1. The molecule has 1 aliphatic rings. The molecular weight excluding hydrogens is 542 g/mol. The van der Waals surface area contributed by atoms with Gasteiger partial charge in [-0.05, 0) is 13.3 Å². The van der Waals surface area contributed by atoms with Crippen LogP contribution in [0.2, 0.25) is 0 Å². The zero-order chi connectivity index (χ0) is 26.8. The first-order valence-electron chi connectivity index (χ1n) is 15.4. The summed E-state index contributed by atoms with van der Waals surface area (Å²) >= 11 is 0. The van der Waals surface area contributed by atoms with E-state index in [2.05, 4.69) is 13.8 Å². The second-order valence-corrected chi connectivity index (χ2v) is 11.3. The van der Waals surface area contributed by atoms with Crippen LogP contribution in [0.3, 0.4) is 0 Å². The fourth-order valence-electron chi connectivity index (χ4n) is 5.69. The maximum Gasteiger partial charge on any atom is 0.269 e. The maximum atomic E-state index is 12.8. The van der Waals surface area contributed by atoms with E-state index >= 15 is 0 Å². The number of likely N-dealkylation sites (N-methyl/N-ethyl adjacent to an activating group) is 1. The molecule has 1 heterocycles. The van der Waals surface area contributed by atoms with Crippen LogP contribution in [0.25, 0.3) is 0 Å². The summed E-state index contributed by atoms with van der Waals surface area (Å²) in [6, 6.07) is 7.01. The van der Waals surface area contributed by atoms with Crippen molar-refractivity contribution in [2.75, 3.05) is 32.7 Å². The van der Waals surface area contributed by atoms with Gasteiger partial charge in [0.2, 0.25) is 5.91 Å². The normalized spacial score (nSPS) is 14.7. The van der Waals surface area contributed by atoms with Gasteiger partial charge >= 0.3 is 0 Å². The van der Waals surface area contributed by atoms with Crippen molar-refractivity contribution in [3.63, 3.8) is 0 Å². The Bertz CT molecular complexity index is 781. The van der Waals surface area contributed by atoms with E-state index in [9.17, 15) is 14.9 Å². The SMILES string of the molecule is CCCCCCCCCCCCCCCCCC(=O)N1CC[N+](CC)(Cc2cccc([N+](=O)[O-])c2)CC1.[Br-]. The van der Waals surface area contributed by atoms with E-state index in [0.29, 0.717) is 12.3 Å². The van der Waals surface area contributed by atoms with E-state index in [1.807, 2.05) is 11.0 Å². The molecule has 1 fully saturated rings. The van der Waals surface area contributed by atoms with Crippen LogP contribution in [0.1, 0.15) is 122 Å². The molecule has 218 valence electrons. The highest BCUT2D eigenvalue weighted by atomic mass is 79.9. The molecular formula is C31H54BrN3O3. The Morgan fingerprint density at radius 1 is 0.842 bits per heavy atom. The number of unbranched alkanes of at least 4 members (excludes halogenated alkanes) is 14. The highest BCUT2D eigenvalue weighted by Gasteiger charge is 2.33. The summed E-state index contributed by atoms with van der Waals surface area (Å²) in [6.07, 6.45) is 20.8. The molecule has 1 amide bonds. The van der Waals surface area contributed by atoms with Gasteiger partial charge in [0.15, 0.2) is 0 Å². The summed E-state index contributed by atoms with van der Waals surface area (Å²) in [7, 11) is 0. The Balaban J connectivity index is 0.00000722. The number of halogens is 1. The van der Waals surface area contributed by atoms with Gasteiger partial charge in [0.1, 0.15) is 6.54 Å². The summed E-state index contributed by atoms with van der Waals surface area (Å²) in [5.41, 5.74) is 1.16. The molecule has 7 heteroatoms. The van der Waals surface area contributed by atoms with E-state index in [4.69, 9.17) is 0 Å². The number of nitro groups is 1. The molecule has 0 aliphatic carbocycles. The first-order valence-corrected chi connectivity index (χ1v) is 15.4. The van der Waals surface area contributed by atoms with E-state index in [-0.39, 0.29) is 27.6 Å². The van der Waals surface area contributed by atoms with Crippen LogP contribution >= 0.6 is 0 Å². The van der Waals surface area contributed by atoms with Crippen molar-refractivity contribution >= 4 is 11.6 Å². The molecule has 1 aliphatic heterocycles. The minimum atomic E-state index is -0.325. The topological polar surface area (TPSA) is 63.5 Å². The molecule has 1 saturated heterocycles. The number of nitro benzene ring substituents is 1. The number of nitrogens with zero attached hydrogens (tertiary/aromatic N) is 3. The number of hydrogen-bond donors (Lipinski definition) is 0. The highest BCUT2D eigenvalue weighted by Crippen LogP contribution is 2.22. The highest BCUT2D eigenvalue weighted by molar-refractivity contribution is 5.76. The summed E-state index contributed by atoms with van der Waals surface area (Å²) in [6.45, 7) is 9.65. The van der Waals surface area contributed by atoms with E-state index < -0.39 is 0 Å². The maximum absolute atomic E-state index is 12.8. The minimum Gasteiger partial charge on any atom is -1.00 e. The van der Waals surface area contributed by atoms with Gasteiger partial charge in [-0.15, -0.1) is 0 Å². The van der Waals surface area contributed by atoms with Gasteiger partial charge in [-0.3, -0.25) is 14.9 Å². The Labute approximate surface area is 243 Å². The lowest BCUT2D eigenvalue weighted by Crippen LogP contribution is -3.00. The van der Waals surface area contributed by atoms with Crippen molar-refractivity contribution in [2.45, 2.75) is 123 Å². The lowest BCUT2D eigenvalue weighted by molar-refractivity contribution is -0.942. The van der Waals surface area contributed by atoms with Crippen LogP contribution in [0.15, 0.2) is 24.3 Å². The lowest BCUT2D eigenvalue weighted by Gasteiger charge is -2.44. The Kier molecular flexibility index (Phi) is 18.6. The summed E-state index contributed by atoms with van der Waals surface area (Å²) in [4.78, 5) is 25.6. The Morgan fingerprint density at radius 3 is 1.82 bits per heavy atom. The summed E-state index contributed by atoms with van der Waals surface area (Å²) in [5, 5.41) is 11.1. The minimum absolute atomic E-state index is 0. The average Bonchev–Trinajstić information content (AvgIpc) is 2.91. The molecule has 6 nitrogen and oxygen atoms in total. The predicted octanol–water partition coefficient (Wildman–Crippen LogP) is 5.04. The number of hydrogen-bond acceptors (Lipinski definition) is 3. The molecule has 2 rings (SSSR count). The smallest absolute Gasteiger partial charge is 0.269 e. The predicted molar refractivity (Wildman–Crippen MR) is 153 cm³/mol. The van der Waals surface area contributed by atoms with Gasteiger partial charge in [0.25, 0.3) is 5.69 Å². The number of non-ortho nitro benzene ring substituents is 1. The number of amides is 1. The molecule has 0 radical (unpaired) electrons. The van der Waals surface area contributed by atoms with Crippen molar-refractivity contribution in [1.29, 1.82) is 0 Å². The van der Waals surface area contributed by atoms with E-state index in [0.717, 1.165) is 55.7 Å². The van der Waals surface area contributed by atoms with Crippen LogP contribution in [0, 0.1) is 10.1 Å². The lowest BCUT2D eigenvalue weighted by atomic mass is 10.0. The summed E-state index contributed by atoms with van der Waals surface area (Å²) in [5.74, 6) is 0.305. The van der Waals surface area contributed by atoms with Gasteiger partial charge in [-0.1, -0.05) is 109 Å². The Morgan fingerprint density at radius 2 is 1.34 bits per heavy atom. The molecule has 0 unspecified atom stereocenters. The molecule has 0 spiro atoms. The monoisotopic (exact) mass is 595 g/mol.